The monoisotopic (exact) mass is 488 g/mol. The van der Waals surface area contributed by atoms with Crippen LogP contribution in [0.4, 0.5) is 19.1 Å². The third-order valence-corrected chi connectivity index (χ3v) is 5.15. The highest BCUT2D eigenvalue weighted by molar-refractivity contribution is 6.32. The number of aromatic nitrogens is 4. The number of rotatable bonds is 3. The fraction of sp³-hybridized carbons (Fsp3) is 0.368. The van der Waals surface area contributed by atoms with E-state index in [9.17, 15) is 22.8 Å². The number of hydrogen-bond donors (Lipinski definition) is 3. The number of benzene rings is 1. The number of hydrogen-bond acceptors (Lipinski definition) is 6. The van der Waals surface area contributed by atoms with Crippen LogP contribution in [0.3, 0.4) is 0 Å². The van der Waals surface area contributed by atoms with Crippen molar-refractivity contribution >= 4 is 34.7 Å². The van der Waals surface area contributed by atoms with E-state index in [0.717, 1.165) is 26.2 Å². The Morgan fingerprint density at radius 3 is 2.36 bits per heavy atom. The second kappa shape index (κ2) is 9.67. The van der Waals surface area contributed by atoms with E-state index < -0.39 is 23.4 Å². The van der Waals surface area contributed by atoms with E-state index in [4.69, 9.17) is 26.5 Å². The molecule has 0 saturated carbocycles. The molecule has 0 amide bonds. The molecule has 3 heterocycles. The minimum atomic E-state index is -5.08. The Hall–Kier alpha value is -3.32. The first-order valence-electron chi connectivity index (χ1n) is 9.82. The van der Waals surface area contributed by atoms with Crippen molar-refractivity contribution in [3.05, 3.63) is 50.1 Å². The molecule has 0 aliphatic carbocycles. The van der Waals surface area contributed by atoms with Gasteiger partial charge in [-0.1, -0.05) is 23.7 Å². The molecule has 0 atom stereocenters. The third-order valence-electron chi connectivity index (χ3n) is 4.83. The van der Waals surface area contributed by atoms with E-state index in [1.54, 1.807) is 10.6 Å². The lowest BCUT2D eigenvalue weighted by Crippen LogP contribution is -2.44. The highest BCUT2D eigenvalue weighted by Gasteiger charge is 2.38. The molecule has 1 aromatic carbocycles. The first-order valence-corrected chi connectivity index (χ1v) is 10.2. The smallest absolute Gasteiger partial charge is 0.475 e. The van der Waals surface area contributed by atoms with Gasteiger partial charge in [0, 0.05) is 32.7 Å². The number of carboxylic acid groups (broad SMARTS) is 1. The average Bonchev–Trinajstić information content (AvgIpc) is 3.15. The predicted octanol–water partition coefficient (Wildman–Crippen LogP) is 1.59. The van der Waals surface area contributed by atoms with Crippen LogP contribution in [-0.4, -0.2) is 62.5 Å². The molecule has 1 saturated heterocycles. The van der Waals surface area contributed by atoms with Crippen molar-refractivity contribution in [2.75, 3.05) is 31.1 Å². The van der Waals surface area contributed by atoms with Gasteiger partial charge in [0.15, 0.2) is 11.2 Å². The van der Waals surface area contributed by atoms with Crippen molar-refractivity contribution in [3.8, 4) is 5.69 Å². The van der Waals surface area contributed by atoms with Gasteiger partial charge in [-0.05, 0) is 19.1 Å². The van der Waals surface area contributed by atoms with Crippen molar-refractivity contribution in [1.29, 1.82) is 0 Å². The van der Waals surface area contributed by atoms with Crippen molar-refractivity contribution in [3.63, 3.8) is 0 Å². The number of aliphatic carboxylic acids is 1. The van der Waals surface area contributed by atoms with Crippen LogP contribution in [-0.2, 0) is 11.3 Å². The summed E-state index contributed by atoms with van der Waals surface area (Å²) in [6.07, 6.45) is -5.08. The SMILES string of the molecule is CCn1c(=O)[nH]c(=O)c2c1nc(N1CCNCC1)n2-c1ccccc1Cl.O=C(O)C(F)(F)F. The average molecular weight is 489 g/mol. The Morgan fingerprint density at radius 1 is 1.21 bits per heavy atom. The molecule has 0 radical (unpaired) electrons. The summed E-state index contributed by atoms with van der Waals surface area (Å²) in [5.41, 5.74) is 0.434. The van der Waals surface area contributed by atoms with Crippen LogP contribution >= 0.6 is 11.6 Å². The van der Waals surface area contributed by atoms with E-state index in [1.807, 2.05) is 25.1 Å². The molecule has 2 aromatic heterocycles. The van der Waals surface area contributed by atoms with Gasteiger partial charge >= 0.3 is 17.8 Å². The molecule has 1 fully saturated rings. The Balaban J connectivity index is 0.000000383. The third kappa shape index (κ3) is 5.03. The highest BCUT2D eigenvalue weighted by Crippen LogP contribution is 2.29. The van der Waals surface area contributed by atoms with E-state index in [2.05, 4.69) is 15.2 Å². The van der Waals surface area contributed by atoms with Gasteiger partial charge in [-0.15, -0.1) is 0 Å². The molecule has 1 aliphatic rings. The Bertz CT molecular complexity index is 1280. The van der Waals surface area contributed by atoms with Crippen LogP contribution in [0.15, 0.2) is 33.9 Å². The number of nitrogens with one attached hydrogen (secondary N) is 2. The molecule has 33 heavy (non-hydrogen) atoms. The molecular formula is C19H20ClF3N6O4. The zero-order chi connectivity index (χ0) is 24.3. The molecular weight excluding hydrogens is 469 g/mol. The molecule has 1 aliphatic heterocycles. The van der Waals surface area contributed by atoms with Crippen LogP contribution in [0.25, 0.3) is 16.9 Å². The zero-order valence-corrected chi connectivity index (χ0v) is 18.1. The maximum absolute atomic E-state index is 12.7. The number of imidazole rings is 1. The van der Waals surface area contributed by atoms with Gasteiger partial charge in [-0.3, -0.25) is 18.9 Å². The Labute approximate surface area is 189 Å². The molecule has 178 valence electrons. The van der Waals surface area contributed by atoms with Gasteiger partial charge in [0.05, 0.1) is 10.7 Å². The van der Waals surface area contributed by atoms with E-state index in [-0.39, 0.29) is 0 Å². The number of halogens is 4. The van der Waals surface area contributed by atoms with Crippen LogP contribution < -0.4 is 21.5 Å². The standard InChI is InChI=1S/C17H19ClN6O2.C2HF3O2/c1-2-23-14-13(15(25)21-17(23)26)24(12-6-4-3-5-11(12)18)16(20-14)22-9-7-19-8-10-22;3-2(4,5)1(6)7/h3-6,19H,2,7-10H2,1H3,(H,21,25,26);(H,6,7). The number of aryl methyl sites for hydroxylation is 1. The summed E-state index contributed by atoms with van der Waals surface area (Å²) >= 11 is 6.42. The number of alkyl halides is 3. The van der Waals surface area contributed by atoms with Gasteiger partial charge in [-0.25, -0.2) is 9.59 Å². The van der Waals surface area contributed by atoms with Gasteiger partial charge in [-0.2, -0.15) is 18.2 Å². The summed E-state index contributed by atoms with van der Waals surface area (Å²) in [5.74, 6) is -2.14. The Kier molecular flexibility index (Phi) is 7.12. The van der Waals surface area contributed by atoms with Crippen molar-refractivity contribution in [2.24, 2.45) is 0 Å². The summed E-state index contributed by atoms with van der Waals surface area (Å²) in [4.78, 5) is 42.9. The van der Waals surface area contributed by atoms with Gasteiger partial charge in [0.25, 0.3) is 5.56 Å². The fourth-order valence-electron chi connectivity index (χ4n) is 3.34. The fourth-order valence-corrected chi connectivity index (χ4v) is 3.56. The van der Waals surface area contributed by atoms with Crippen LogP contribution in [0, 0.1) is 0 Å². The second-order valence-corrected chi connectivity index (χ2v) is 7.32. The number of carbonyl (C=O) groups is 1. The van der Waals surface area contributed by atoms with E-state index in [1.165, 1.54) is 4.57 Å². The van der Waals surface area contributed by atoms with Gasteiger partial charge in [0.2, 0.25) is 5.95 Å². The maximum Gasteiger partial charge on any atom is 0.490 e. The molecule has 3 aromatic rings. The normalized spacial score (nSPS) is 14.2. The van der Waals surface area contributed by atoms with E-state index >= 15 is 0 Å². The number of para-hydroxylation sites is 1. The van der Waals surface area contributed by atoms with Crippen LogP contribution in [0.5, 0.6) is 0 Å². The molecule has 0 bridgehead atoms. The number of carboxylic acids is 1. The second-order valence-electron chi connectivity index (χ2n) is 6.91. The van der Waals surface area contributed by atoms with E-state index in [0.29, 0.717) is 34.4 Å². The number of anilines is 1. The lowest BCUT2D eigenvalue weighted by atomic mass is 10.3. The number of H-pyrrole nitrogens is 1. The van der Waals surface area contributed by atoms with Crippen molar-refractivity contribution in [2.45, 2.75) is 19.6 Å². The van der Waals surface area contributed by atoms with Gasteiger partial charge < -0.3 is 15.3 Å². The number of nitrogens with zero attached hydrogens (tertiary/aromatic N) is 4. The number of fused-ring (bicyclic) bond motifs is 1. The van der Waals surface area contributed by atoms with Crippen molar-refractivity contribution in [1.82, 2.24) is 24.4 Å². The summed E-state index contributed by atoms with van der Waals surface area (Å²) in [6, 6.07) is 7.31. The first-order chi connectivity index (χ1) is 15.6. The Morgan fingerprint density at radius 2 is 1.82 bits per heavy atom. The summed E-state index contributed by atoms with van der Waals surface area (Å²) in [5, 5.41) is 10.9. The largest absolute Gasteiger partial charge is 0.490 e. The summed E-state index contributed by atoms with van der Waals surface area (Å²) in [7, 11) is 0. The predicted molar refractivity (Wildman–Crippen MR) is 115 cm³/mol. The van der Waals surface area contributed by atoms with Crippen molar-refractivity contribution < 1.29 is 23.1 Å². The lowest BCUT2D eigenvalue weighted by molar-refractivity contribution is -0.192. The molecule has 0 unspecified atom stereocenters. The molecule has 3 N–H and O–H groups in total. The maximum atomic E-state index is 12.7. The minimum Gasteiger partial charge on any atom is -0.475 e. The first kappa shape index (κ1) is 24.3. The quantitative estimate of drug-likeness (QED) is 0.511. The lowest BCUT2D eigenvalue weighted by Gasteiger charge is -2.28. The molecule has 14 heteroatoms. The zero-order valence-electron chi connectivity index (χ0n) is 17.3. The molecule has 10 nitrogen and oxygen atoms in total. The topological polar surface area (TPSA) is 125 Å². The number of piperazine rings is 1. The number of aromatic amines is 1. The highest BCUT2D eigenvalue weighted by atomic mass is 35.5. The van der Waals surface area contributed by atoms with Crippen LogP contribution in [0.1, 0.15) is 6.92 Å². The van der Waals surface area contributed by atoms with Gasteiger partial charge in [0.1, 0.15) is 0 Å². The van der Waals surface area contributed by atoms with Crippen LogP contribution in [0.2, 0.25) is 5.02 Å². The molecule has 4 rings (SSSR count). The summed E-state index contributed by atoms with van der Waals surface area (Å²) in [6.45, 7) is 5.40. The molecule has 0 spiro atoms. The summed E-state index contributed by atoms with van der Waals surface area (Å²) < 4.78 is 35.0. The minimum absolute atomic E-state index is 0.327.